The summed E-state index contributed by atoms with van der Waals surface area (Å²) in [5.74, 6) is -0.654. The van der Waals surface area contributed by atoms with Crippen molar-refractivity contribution >= 4 is 17.8 Å². The van der Waals surface area contributed by atoms with Crippen LogP contribution in [0, 0.1) is 10.1 Å². The van der Waals surface area contributed by atoms with Gasteiger partial charge < -0.3 is 9.84 Å². The van der Waals surface area contributed by atoms with Gasteiger partial charge in [-0.1, -0.05) is 6.07 Å². The zero-order valence-corrected chi connectivity index (χ0v) is 14.4. The third kappa shape index (κ3) is 5.19. The molecule has 0 aromatic heterocycles. The van der Waals surface area contributed by atoms with Gasteiger partial charge in [-0.05, 0) is 29.8 Å². The second-order valence-electron chi connectivity index (χ2n) is 5.50. The molecule has 28 heavy (non-hydrogen) atoms. The van der Waals surface area contributed by atoms with Crippen molar-refractivity contribution in [2.45, 2.75) is 12.6 Å². The number of hydrogen-bond acceptors (Lipinski definition) is 6. The Morgan fingerprint density at radius 3 is 2.64 bits per heavy atom. The molecule has 2 aromatic carbocycles. The molecule has 0 radical (unpaired) electrons. The highest BCUT2D eigenvalue weighted by Crippen LogP contribution is 2.33. The highest BCUT2D eigenvalue weighted by molar-refractivity contribution is 5.84. The Hall–Kier alpha value is -3.63. The van der Waals surface area contributed by atoms with E-state index in [1.807, 2.05) is 0 Å². The Kier molecular flexibility index (Phi) is 6.18. The molecule has 2 N–H and O–H groups in total. The lowest BCUT2D eigenvalue weighted by molar-refractivity contribution is -0.385. The molecule has 8 nitrogen and oxygen atoms in total. The van der Waals surface area contributed by atoms with Crippen LogP contribution in [0.4, 0.5) is 18.9 Å². The fourth-order valence-electron chi connectivity index (χ4n) is 2.23. The van der Waals surface area contributed by atoms with Gasteiger partial charge in [-0.3, -0.25) is 14.9 Å². The summed E-state index contributed by atoms with van der Waals surface area (Å²) >= 11 is 0. The zero-order chi connectivity index (χ0) is 20.9. The topological polar surface area (TPSA) is 114 Å². The number of carbonyl (C=O) groups excluding carboxylic acids is 1. The monoisotopic (exact) mass is 397 g/mol. The molecule has 0 aliphatic heterocycles. The summed E-state index contributed by atoms with van der Waals surface area (Å²) in [7, 11) is 1.36. The summed E-state index contributed by atoms with van der Waals surface area (Å²) in [4.78, 5) is 21.9. The molecule has 148 valence electrons. The number of ether oxygens (including phenoxy) is 1. The second-order valence-corrected chi connectivity index (χ2v) is 5.50. The van der Waals surface area contributed by atoms with E-state index < -0.39 is 34.7 Å². The summed E-state index contributed by atoms with van der Waals surface area (Å²) in [6.45, 7) is 0. The minimum Gasteiger partial charge on any atom is -0.504 e. The summed E-state index contributed by atoms with van der Waals surface area (Å²) in [6, 6.07) is 6.23. The number of aromatic hydroxyl groups is 1. The number of hydrazone groups is 1. The van der Waals surface area contributed by atoms with Crippen LogP contribution in [-0.2, 0) is 17.4 Å². The molecule has 0 saturated heterocycles. The van der Waals surface area contributed by atoms with Crippen molar-refractivity contribution < 1.29 is 32.7 Å². The van der Waals surface area contributed by atoms with Gasteiger partial charge >= 0.3 is 6.18 Å². The molecule has 0 bridgehead atoms. The van der Waals surface area contributed by atoms with Crippen LogP contribution >= 0.6 is 0 Å². The minimum atomic E-state index is -4.74. The van der Waals surface area contributed by atoms with Crippen LogP contribution < -0.4 is 10.2 Å². The van der Waals surface area contributed by atoms with Gasteiger partial charge in [0.2, 0.25) is 5.91 Å². The maximum absolute atomic E-state index is 12.7. The number of phenolic OH excluding ortho intramolecular Hbond substituents is 1. The fraction of sp³-hybridized carbons (Fsp3) is 0.176. The van der Waals surface area contributed by atoms with Crippen molar-refractivity contribution in [2.75, 3.05) is 7.11 Å². The first-order valence-electron chi connectivity index (χ1n) is 7.65. The van der Waals surface area contributed by atoms with E-state index in [9.17, 15) is 33.2 Å². The van der Waals surface area contributed by atoms with Crippen molar-refractivity contribution in [2.24, 2.45) is 5.10 Å². The maximum atomic E-state index is 12.7. The molecule has 0 heterocycles. The smallest absolute Gasteiger partial charge is 0.416 e. The molecular weight excluding hydrogens is 383 g/mol. The second kappa shape index (κ2) is 8.37. The number of rotatable bonds is 6. The van der Waals surface area contributed by atoms with Crippen LogP contribution in [0.5, 0.6) is 11.5 Å². The van der Waals surface area contributed by atoms with Crippen LogP contribution in [0.1, 0.15) is 16.7 Å². The molecule has 0 aliphatic carbocycles. The van der Waals surface area contributed by atoms with Gasteiger partial charge in [-0.15, -0.1) is 0 Å². The predicted molar refractivity (Wildman–Crippen MR) is 92.2 cm³/mol. The molecule has 2 rings (SSSR count). The number of carbonyl (C=O) groups is 1. The molecular formula is C17H14F3N3O5. The van der Waals surface area contributed by atoms with Crippen LogP contribution in [0.15, 0.2) is 41.5 Å². The van der Waals surface area contributed by atoms with E-state index in [2.05, 4.69) is 10.5 Å². The fourth-order valence-corrected chi connectivity index (χ4v) is 2.23. The Labute approximate surface area is 156 Å². The number of halogens is 3. The molecule has 0 aliphatic rings. The van der Waals surface area contributed by atoms with E-state index in [1.54, 1.807) is 0 Å². The molecule has 1 amide bonds. The van der Waals surface area contributed by atoms with Crippen molar-refractivity contribution in [1.29, 1.82) is 0 Å². The molecule has 2 aromatic rings. The molecule has 0 unspecified atom stereocenters. The summed E-state index contributed by atoms with van der Waals surface area (Å²) in [5, 5.41) is 24.2. The van der Waals surface area contributed by atoms with E-state index in [0.29, 0.717) is 17.7 Å². The number of phenols is 1. The summed E-state index contributed by atoms with van der Waals surface area (Å²) < 4.78 is 43.0. The van der Waals surface area contributed by atoms with E-state index in [-0.39, 0.29) is 17.1 Å². The normalized spacial score (nSPS) is 11.4. The minimum absolute atomic E-state index is 0.0849. The van der Waals surface area contributed by atoms with Gasteiger partial charge in [0.1, 0.15) is 0 Å². The Bertz CT molecular complexity index is 929. The Morgan fingerprint density at radius 1 is 1.32 bits per heavy atom. The van der Waals surface area contributed by atoms with Gasteiger partial charge in [0.25, 0.3) is 5.69 Å². The van der Waals surface area contributed by atoms with Crippen molar-refractivity contribution in [3.8, 4) is 11.5 Å². The SMILES string of the molecule is COc1cc(C=NNC(=O)Cc2ccc(C(F)(F)F)cc2[N+](=O)[O-])ccc1O. The third-order valence-electron chi connectivity index (χ3n) is 3.57. The number of amides is 1. The highest BCUT2D eigenvalue weighted by atomic mass is 19.4. The van der Waals surface area contributed by atoms with E-state index in [1.165, 1.54) is 31.5 Å². The van der Waals surface area contributed by atoms with Gasteiger partial charge in [0, 0.05) is 11.6 Å². The van der Waals surface area contributed by atoms with E-state index in [0.717, 1.165) is 6.07 Å². The molecule has 0 saturated carbocycles. The highest BCUT2D eigenvalue weighted by Gasteiger charge is 2.33. The number of nitrogens with one attached hydrogen (secondary N) is 1. The van der Waals surface area contributed by atoms with E-state index >= 15 is 0 Å². The Balaban J connectivity index is 2.09. The van der Waals surface area contributed by atoms with Gasteiger partial charge in [0.05, 0.1) is 30.2 Å². The number of methoxy groups -OCH3 is 1. The van der Waals surface area contributed by atoms with Gasteiger partial charge in [-0.2, -0.15) is 18.3 Å². The number of hydrogen-bond donors (Lipinski definition) is 2. The molecule has 11 heteroatoms. The average molecular weight is 397 g/mol. The predicted octanol–water partition coefficient (Wildman–Crippen LogP) is 3.02. The number of alkyl halides is 3. The van der Waals surface area contributed by atoms with Crippen LogP contribution in [0.3, 0.4) is 0 Å². The quantitative estimate of drug-likeness (QED) is 0.442. The lowest BCUT2D eigenvalue weighted by atomic mass is 10.1. The van der Waals surface area contributed by atoms with Gasteiger partial charge in [0.15, 0.2) is 11.5 Å². The number of nitro groups is 1. The molecule has 0 fully saturated rings. The standard InChI is InChI=1S/C17H14F3N3O5/c1-28-15-6-10(2-5-14(15)24)9-21-22-16(25)7-11-3-4-12(17(18,19)20)8-13(11)23(26)27/h2-6,8-9,24H,7H2,1H3,(H,22,25). The number of nitrogens with zero attached hydrogens (tertiary/aromatic N) is 2. The zero-order valence-electron chi connectivity index (χ0n) is 14.4. The lowest BCUT2D eigenvalue weighted by Gasteiger charge is -2.08. The molecule has 0 atom stereocenters. The van der Waals surface area contributed by atoms with Crippen LogP contribution in [0.25, 0.3) is 0 Å². The average Bonchev–Trinajstić information content (AvgIpc) is 2.62. The third-order valence-corrected chi connectivity index (χ3v) is 3.57. The van der Waals surface area contributed by atoms with Crippen LogP contribution in [0.2, 0.25) is 0 Å². The maximum Gasteiger partial charge on any atom is 0.416 e. The van der Waals surface area contributed by atoms with Gasteiger partial charge in [-0.25, -0.2) is 5.43 Å². The van der Waals surface area contributed by atoms with Crippen LogP contribution in [-0.4, -0.2) is 29.3 Å². The summed E-state index contributed by atoms with van der Waals surface area (Å²) in [5.41, 5.74) is 0.437. The van der Waals surface area contributed by atoms with E-state index in [4.69, 9.17) is 4.74 Å². The number of benzene rings is 2. The first-order chi connectivity index (χ1) is 13.1. The van der Waals surface area contributed by atoms with Crippen molar-refractivity contribution in [3.05, 3.63) is 63.2 Å². The van der Waals surface area contributed by atoms with Crippen molar-refractivity contribution in [3.63, 3.8) is 0 Å². The lowest BCUT2D eigenvalue weighted by Crippen LogP contribution is -2.20. The summed E-state index contributed by atoms with van der Waals surface area (Å²) in [6.07, 6.45) is -4.03. The first-order valence-corrected chi connectivity index (χ1v) is 7.65. The Morgan fingerprint density at radius 2 is 2.04 bits per heavy atom. The first kappa shape index (κ1) is 20.7. The largest absolute Gasteiger partial charge is 0.504 e. The molecule has 0 spiro atoms. The number of nitro benzene ring substituents is 1. The van der Waals surface area contributed by atoms with Crippen molar-refractivity contribution in [1.82, 2.24) is 5.43 Å².